The minimum Gasteiger partial charge on any atom is -0.341 e. The molecule has 1 saturated heterocycles. The molecule has 2 aliphatic carbocycles. The monoisotopic (exact) mass is 546 g/mol. The normalized spacial score (nSPS) is 24.3. The van der Waals surface area contributed by atoms with Crippen molar-refractivity contribution in [3.8, 4) is 0 Å². The van der Waals surface area contributed by atoms with E-state index in [1.165, 1.54) is 19.3 Å². The number of carbonyl (C=O) groups is 2. The number of halogens is 1. The second-order valence-corrected chi connectivity index (χ2v) is 12.2. The summed E-state index contributed by atoms with van der Waals surface area (Å²) in [6.45, 7) is 1.35. The molecule has 1 heterocycles. The van der Waals surface area contributed by atoms with E-state index in [1.807, 2.05) is 43.3 Å². The molecule has 4 N–H and O–H groups in total. The van der Waals surface area contributed by atoms with Crippen LogP contribution in [-0.4, -0.2) is 84.1 Å². The molecule has 1 aliphatic heterocycles. The summed E-state index contributed by atoms with van der Waals surface area (Å²) in [4.78, 5) is 31.2. The molecule has 0 aromatic heterocycles. The van der Waals surface area contributed by atoms with Crippen molar-refractivity contribution in [2.45, 2.75) is 107 Å². The zero-order valence-corrected chi connectivity index (χ0v) is 24.0. The maximum Gasteiger partial charge on any atom is 0.332 e. The van der Waals surface area contributed by atoms with Crippen molar-refractivity contribution >= 4 is 23.5 Å². The van der Waals surface area contributed by atoms with Gasteiger partial charge in [-0.1, -0.05) is 43.0 Å². The van der Waals surface area contributed by atoms with Gasteiger partial charge < -0.3 is 20.9 Å². The van der Waals surface area contributed by atoms with Crippen molar-refractivity contribution in [3.63, 3.8) is 0 Å². The van der Waals surface area contributed by atoms with Crippen molar-refractivity contribution in [3.05, 3.63) is 34.9 Å². The minimum absolute atomic E-state index is 0.00976. The second kappa shape index (κ2) is 14.0. The molecule has 0 bridgehead atoms. The van der Waals surface area contributed by atoms with Crippen LogP contribution in [0.4, 0.5) is 4.79 Å². The van der Waals surface area contributed by atoms with Crippen molar-refractivity contribution < 1.29 is 9.59 Å². The minimum atomic E-state index is -0.279. The average molecular weight is 547 g/mol. The van der Waals surface area contributed by atoms with Gasteiger partial charge in [-0.05, 0) is 75.5 Å². The Morgan fingerprint density at radius 1 is 0.947 bits per heavy atom. The lowest BCUT2D eigenvalue weighted by molar-refractivity contribution is -0.135. The summed E-state index contributed by atoms with van der Waals surface area (Å²) >= 11 is 6.11. The number of benzene rings is 1. The number of rotatable bonds is 8. The van der Waals surface area contributed by atoms with E-state index in [9.17, 15) is 9.59 Å². The zero-order chi connectivity index (χ0) is 27.1. The van der Waals surface area contributed by atoms with Gasteiger partial charge in [0.05, 0.1) is 6.04 Å². The Hall–Kier alpha value is -1.87. The number of hydrogen-bond acceptors (Lipinski definition) is 5. The molecule has 38 heavy (non-hydrogen) atoms. The molecule has 3 aliphatic rings. The molecule has 1 aromatic carbocycles. The second-order valence-electron chi connectivity index (χ2n) is 11.7. The Kier molecular flexibility index (Phi) is 10.7. The number of urea groups is 1. The third kappa shape index (κ3) is 8.07. The van der Waals surface area contributed by atoms with Crippen LogP contribution in [0.2, 0.25) is 5.02 Å². The largest absolute Gasteiger partial charge is 0.341 e. The number of amides is 3. The van der Waals surface area contributed by atoms with Crippen molar-refractivity contribution in [2.75, 3.05) is 27.2 Å². The number of piperidine rings is 1. The third-order valence-electron chi connectivity index (χ3n) is 8.55. The molecule has 8 nitrogen and oxygen atoms in total. The van der Waals surface area contributed by atoms with E-state index in [2.05, 4.69) is 15.6 Å². The van der Waals surface area contributed by atoms with Gasteiger partial charge in [0.25, 0.3) is 0 Å². The Morgan fingerprint density at radius 3 is 2.16 bits per heavy atom. The molecule has 1 aromatic rings. The molecular weight excluding hydrogens is 500 g/mol. The molecule has 0 spiro atoms. The van der Waals surface area contributed by atoms with Crippen LogP contribution < -0.4 is 16.5 Å². The number of hydrogen-bond donors (Lipinski definition) is 3. The molecule has 3 amide bonds. The Bertz CT molecular complexity index is 891. The van der Waals surface area contributed by atoms with Crippen LogP contribution >= 0.6 is 11.6 Å². The molecular formula is C29H47ClN6O2. The van der Waals surface area contributed by atoms with Gasteiger partial charge in [0.1, 0.15) is 0 Å². The fraction of sp³-hybridized carbons (Fsp3) is 0.724. The SMILES string of the molecule is CN(C)NC(=O)N(C1CCCCC1)C1CCN(C(=O)[C@@H](Cc2ccc(Cl)cc2)NC2CCC(N)CC2)CC1. The first kappa shape index (κ1) is 29.1. The summed E-state index contributed by atoms with van der Waals surface area (Å²) in [7, 11) is 3.71. The summed E-state index contributed by atoms with van der Waals surface area (Å²) in [5.74, 6) is 0.162. The summed E-state index contributed by atoms with van der Waals surface area (Å²) in [6.07, 6.45) is 12.0. The fourth-order valence-electron chi connectivity index (χ4n) is 6.47. The highest BCUT2D eigenvalue weighted by atomic mass is 35.5. The molecule has 4 rings (SSSR count). The Balaban J connectivity index is 1.41. The van der Waals surface area contributed by atoms with Crippen LogP contribution in [0.3, 0.4) is 0 Å². The number of nitrogens with two attached hydrogens (primary N) is 1. The van der Waals surface area contributed by atoms with Crippen LogP contribution in [0.15, 0.2) is 24.3 Å². The van der Waals surface area contributed by atoms with E-state index in [-0.39, 0.29) is 36.1 Å². The summed E-state index contributed by atoms with van der Waals surface area (Å²) in [5, 5.41) is 6.13. The lowest BCUT2D eigenvalue weighted by atomic mass is 9.90. The van der Waals surface area contributed by atoms with E-state index in [1.54, 1.807) is 5.01 Å². The summed E-state index contributed by atoms with van der Waals surface area (Å²) in [6, 6.07) is 8.54. The molecule has 0 radical (unpaired) electrons. The number of nitrogens with zero attached hydrogens (tertiary/aromatic N) is 3. The molecule has 1 atom stereocenters. The molecule has 212 valence electrons. The van der Waals surface area contributed by atoms with Crippen molar-refractivity contribution in [1.82, 2.24) is 25.6 Å². The first-order valence-corrected chi connectivity index (χ1v) is 15.0. The average Bonchev–Trinajstić information content (AvgIpc) is 2.91. The Morgan fingerprint density at radius 2 is 1.55 bits per heavy atom. The van der Waals surface area contributed by atoms with Gasteiger partial charge >= 0.3 is 6.03 Å². The van der Waals surface area contributed by atoms with Gasteiger partial charge in [-0.15, -0.1) is 0 Å². The highest BCUT2D eigenvalue weighted by molar-refractivity contribution is 6.30. The lowest BCUT2D eigenvalue weighted by Crippen LogP contribution is -2.59. The topological polar surface area (TPSA) is 93.9 Å². The first-order chi connectivity index (χ1) is 18.3. The highest BCUT2D eigenvalue weighted by Gasteiger charge is 2.36. The van der Waals surface area contributed by atoms with Gasteiger partial charge in [0, 0.05) is 56.4 Å². The standard InChI is InChI=1S/C29H47ClN6O2/c1-34(2)33-29(38)36(25-6-4-3-5-7-25)26-16-18-35(19-17-26)28(37)27(20-21-8-10-22(30)11-9-21)32-24-14-12-23(31)13-15-24/h8-11,23-27,32H,3-7,12-20,31H2,1-2H3,(H,33,38)/t23?,24?,27-/m1/s1. The predicted molar refractivity (Wildman–Crippen MR) is 153 cm³/mol. The van der Waals surface area contributed by atoms with Crippen molar-refractivity contribution in [1.29, 1.82) is 0 Å². The van der Waals surface area contributed by atoms with Gasteiger partial charge in [0.2, 0.25) is 5.91 Å². The van der Waals surface area contributed by atoms with E-state index in [0.29, 0.717) is 30.6 Å². The smallest absolute Gasteiger partial charge is 0.332 e. The van der Waals surface area contributed by atoms with E-state index >= 15 is 0 Å². The number of carbonyl (C=O) groups excluding carboxylic acids is 2. The van der Waals surface area contributed by atoms with Crippen LogP contribution in [0.25, 0.3) is 0 Å². The fourth-order valence-corrected chi connectivity index (χ4v) is 6.59. The van der Waals surface area contributed by atoms with Crippen LogP contribution in [-0.2, 0) is 11.2 Å². The van der Waals surface area contributed by atoms with Crippen LogP contribution in [0.5, 0.6) is 0 Å². The molecule has 0 unspecified atom stereocenters. The molecule has 2 saturated carbocycles. The van der Waals surface area contributed by atoms with Crippen molar-refractivity contribution in [2.24, 2.45) is 5.73 Å². The maximum absolute atomic E-state index is 13.9. The first-order valence-electron chi connectivity index (χ1n) is 14.6. The maximum atomic E-state index is 13.9. The number of nitrogens with one attached hydrogen (secondary N) is 2. The highest BCUT2D eigenvalue weighted by Crippen LogP contribution is 2.28. The van der Waals surface area contributed by atoms with E-state index in [0.717, 1.165) is 56.9 Å². The van der Waals surface area contributed by atoms with Gasteiger partial charge in [0.15, 0.2) is 0 Å². The van der Waals surface area contributed by atoms with Gasteiger partial charge in [-0.3, -0.25) is 10.2 Å². The van der Waals surface area contributed by atoms with Gasteiger partial charge in [-0.25, -0.2) is 9.80 Å². The van der Waals surface area contributed by atoms with Gasteiger partial charge in [-0.2, -0.15) is 0 Å². The quantitative estimate of drug-likeness (QED) is 0.430. The predicted octanol–water partition coefficient (Wildman–Crippen LogP) is 3.92. The third-order valence-corrected chi connectivity index (χ3v) is 8.80. The van der Waals surface area contributed by atoms with Crippen LogP contribution in [0, 0.1) is 0 Å². The zero-order valence-electron chi connectivity index (χ0n) is 23.2. The van der Waals surface area contributed by atoms with E-state index < -0.39 is 0 Å². The Labute approximate surface area is 233 Å². The number of likely N-dealkylation sites (tertiary alicyclic amines) is 1. The number of hydrazine groups is 1. The lowest BCUT2D eigenvalue weighted by Gasteiger charge is -2.44. The molecule has 3 fully saturated rings. The van der Waals surface area contributed by atoms with E-state index in [4.69, 9.17) is 17.3 Å². The molecule has 9 heteroatoms. The van der Waals surface area contributed by atoms with Crippen LogP contribution in [0.1, 0.15) is 76.2 Å². The summed E-state index contributed by atoms with van der Waals surface area (Å²) in [5.41, 5.74) is 10.2. The summed E-state index contributed by atoms with van der Waals surface area (Å²) < 4.78 is 0.